The molecule has 0 aromatic heterocycles. The van der Waals surface area contributed by atoms with E-state index in [1.807, 2.05) is 0 Å². The molecule has 1 heterocycles. The summed E-state index contributed by atoms with van der Waals surface area (Å²) in [6, 6.07) is 10.8. The van der Waals surface area contributed by atoms with Gasteiger partial charge < -0.3 is 5.32 Å². The molecule has 0 saturated carbocycles. The van der Waals surface area contributed by atoms with Crippen molar-refractivity contribution in [1.82, 2.24) is 10.2 Å². The zero-order valence-corrected chi connectivity index (χ0v) is 11.4. The van der Waals surface area contributed by atoms with Gasteiger partial charge >= 0.3 is 0 Å². The third kappa shape index (κ3) is 3.97. The van der Waals surface area contributed by atoms with E-state index < -0.39 is 0 Å². The summed E-state index contributed by atoms with van der Waals surface area (Å²) in [4.78, 5) is 2.56. The molecule has 0 radical (unpaired) electrons. The highest BCUT2D eigenvalue weighted by atomic mass is 15.1. The number of hydrogen-bond donors (Lipinski definition) is 1. The Labute approximate surface area is 111 Å². The minimum Gasteiger partial charge on any atom is -0.315 e. The van der Waals surface area contributed by atoms with Crippen LogP contribution in [-0.2, 0) is 0 Å². The molecular formula is C16H24N2. The van der Waals surface area contributed by atoms with Crippen molar-refractivity contribution in [3.63, 3.8) is 0 Å². The second kappa shape index (κ2) is 7.34. The van der Waals surface area contributed by atoms with E-state index in [-0.39, 0.29) is 0 Å². The van der Waals surface area contributed by atoms with E-state index in [4.69, 9.17) is 0 Å². The summed E-state index contributed by atoms with van der Waals surface area (Å²) in [5.41, 5.74) is 2.84. The highest BCUT2D eigenvalue weighted by molar-refractivity contribution is 5.66. The van der Waals surface area contributed by atoms with Gasteiger partial charge in [0.05, 0.1) is 0 Å². The highest BCUT2D eigenvalue weighted by Crippen LogP contribution is 2.16. The van der Waals surface area contributed by atoms with Gasteiger partial charge in [0.1, 0.15) is 0 Å². The summed E-state index contributed by atoms with van der Waals surface area (Å²) in [5.74, 6) is 0. The van der Waals surface area contributed by atoms with Crippen LogP contribution in [0.3, 0.4) is 0 Å². The normalized spacial score (nSPS) is 18.6. The molecule has 2 heteroatoms. The molecule has 0 amide bonds. The summed E-state index contributed by atoms with van der Waals surface area (Å²) >= 11 is 0. The number of allylic oxidation sites excluding steroid dienone is 1. The number of nitrogens with one attached hydrogen (secondary N) is 1. The Kier molecular flexibility index (Phi) is 5.43. The minimum atomic E-state index is 1.08. The van der Waals surface area contributed by atoms with E-state index in [9.17, 15) is 0 Å². The van der Waals surface area contributed by atoms with Crippen LogP contribution in [0, 0.1) is 0 Å². The van der Waals surface area contributed by atoms with E-state index in [1.165, 1.54) is 24.1 Å². The molecule has 0 unspecified atom stereocenters. The standard InChI is InChI=1S/C16H24N2/c1-2-7-16(15-8-4-3-5-9-15)14-18-12-6-10-17-11-13-18/h3-5,7-9,17H,2,6,10-14H2,1H3. The van der Waals surface area contributed by atoms with Gasteiger partial charge in [-0.15, -0.1) is 0 Å². The molecule has 1 aliphatic heterocycles. The van der Waals surface area contributed by atoms with Crippen molar-refractivity contribution in [2.75, 3.05) is 32.7 Å². The van der Waals surface area contributed by atoms with E-state index in [0.29, 0.717) is 0 Å². The second-order valence-electron chi connectivity index (χ2n) is 4.88. The van der Waals surface area contributed by atoms with E-state index in [1.54, 1.807) is 0 Å². The van der Waals surface area contributed by atoms with Crippen LogP contribution in [0.1, 0.15) is 25.3 Å². The summed E-state index contributed by atoms with van der Waals surface area (Å²) in [5, 5.41) is 3.46. The average molecular weight is 244 g/mol. The number of benzene rings is 1. The first-order valence-electron chi connectivity index (χ1n) is 7.07. The fraction of sp³-hybridized carbons (Fsp3) is 0.500. The Morgan fingerprint density at radius 2 is 2.06 bits per heavy atom. The van der Waals surface area contributed by atoms with Crippen molar-refractivity contribution in [3.05, 3.63) is 42.0 Å². The fourth-order valence-electron chi connectivity index (χ4n) is 2.47. The quantitative estimate of drug-likeness (QED) is 0.876. The number of rotatable bonds is 4. The third-order valence-corrected chi connectivity index (χ3v) is 3.42. The maximum absolute atomic E-state index is 3.46. The van der Waals surface area contributed by atoms with Crippen molar-refractivity contribution in [2.45, 2.75) is 19.8 Å². The Bertz CT molecular complexity index is 362. The molecule has 1 aromatic rings. The first kappa shape index (κ1) is 13.3. The molecule has 18 heavy (non-hydrogen) atoms. The fourth-order valence-corrected chi connectivity index (χ4v) is 2.47. The Balaban J connectivity index is 2.04. The van der Waals surface area contributed by atoms with Crippen molar-refractivity contribution in [2.24, 2.45) is 0 Å². The maximum atomic E-state index is 3.46. The topological polar surface area (TPSA) is 15.3 Å². The second-order valence-corrected chi connectivity index (χ2v) is 4.88. The summed E-state index contributed by atoms with van der Waals surface area (Å²) in [6.45, 7) is 7.95. The van der Waals surface area contributed by atoms with Crippen LogP contribution >= 0.6 is 0 Å². The Morgan fingerprint density at radius 1 is 1.22 bits per heavy atom. The molecule has 1 N–H and O–H groups in total. The van der Waals surface area contributed by atoms with Crippen LogP contribution in [-0.4, -0.2) is 37.6 Å². The minimum absolute atomic E-state index is 1.08. The third-order valence-electron chi connectivity index (χ3n) is 3.42. The van der Waals surface area contributed by atoms with Gasteiger partial charge in [0.25, 0.3) is 0 Å². The number of hydrogen-bond acceptors (Lipinski definition) is 2. The maximum Gasteiger partial charge on any atom is 0.0237 e. The summed E-state index contributed by atoms with van der Waals surface area (Å²) in [6.07, 6.45) is 4.73. The Morgan fingerprint density at radius 3 is 2.83 bits per heavy atom. The van der Waals surface area contributed by atoms with Crippen LogP contribution in [0.25, 0.3) is 5.57 Å². The van der Waals surface area contributed by atoms with Crippen LogP contribution in [0.2, 0.25) is 0 Å². The molecule has 0 aliphatic carbocycles. The lowest BCUT2D eigenvalue weighted by Crippen LogP contribution is -2.29. The molecule has 1 saturated heterocycles. The molecular weight excluding hydrogens is 220 g/mol. The molecule has 2 rings (SSSR count). The SMILES string of the molecule is CCC=C(CN1CCCNCC1)c1ccccc1. The van der Waals surface area contributed by atoms with Gasteiger partial charge in [0.2, 0.25) is 0 Å². The molecule has 1 aliphatic rings. The van der Waals surface area contributed by atoms with E-state index in [2.05, 4.69) is 53.5 Å². The monoisotopic (exact) mass is 244 g/mol. The Hall–Kier alpha value is -1.12. The molecule has 0 atom stereocenters. The first-order chi connectivity index (χ1) is 8.90. The van der Waals surface area contributed by atoms with Gasteiger partial charge in [-0.3, -0.25) is 4.90 Å². The van der Waals surface area contributed by atoms with E-state index in [0.717, 1.165) is 32.6 Å². The van der Waals surface area contributed by atoms with Crippen molar-refractivity contribution in [3.8, 4) is 0 Å². The van der Waals surface area contributed by atoms with E-state index >= 15 is 0 Å². The molecule has 98 valence electrons. The lowest BCUT2D eigenvalue weighted by molar-refractivity contribution is 0.329. The van der Waals surface area contributed by atoms with Gasteiger partial charge in [0, 0.05) is 19.6 Å². The van der Waals surface area contributed by atoms with Gasteiger partial charge in [-0.05, 0) is 37.1 Å². The molecule has 0 spiro atoms. The first-order valence-corrected chi connectivity index (χ1v) is 7.07. The smallest absolute Gasteiger partial charge is 0.0237 e. The predicted octanol–water partition coefficient (Wildman–Crippen LogP) is 2.78. The number of nitrogens with zero attached hydrogens (tertiary/aromatic N) is 1. The van der Waals surface area contributed by atoms with Gasteiger partial charge in [-0.2, -0.15) is 0 Å². The predicted molar refractivity (Wildman–Crippen MR) is 78.6 cm³/mol. The van der Waals surface area contributed by atoms with Crippen molar-refractivity contribution < 1.29 is 0 Å². The summed E-state index contributed by atoms with van der Waals surface area (Å²) < 4.78 is 0. The van der Waals surface area contributed by atoms with Crippen LogP contribution < -0.4 is 5.32 Å². The lowest BCUT2D eigenvalue weighted by atomic mass is 10.0. The van der Waals surface area contributed by atoms with Crippen LogP contribution in [0.15, 0.2) is 36.4 Å². The van der Waals surface area contributed by atoms with Crippen LogP contribution in [0.4, 0.5) is 0 Å². The molecule has 1 fully saturated rings. The highest BCUT2D eigenvalue weighted by Gasteiger charge is 2.11. The molecule has 0 bridgehead atoms. The van der Waals surface area contributed by atoms with Gasteiger partial charge in [-0.1, -0.05) is 43.3 Å². The zero-order chi connectivity index (χ0) is 12.6. The average Bonchev–Trinajstić information content (AvgIpc) is 2.68. The van der Waals surface area contributed by atoms with Gasteiger partial charge in [0.15, 0.2) is 0 Å². The van der Waals surface area contributed by atoms with Crippen molar-refractivity contribution in [1.29, 1.82) is 0 Å². The molecule has 1 aromatic carbocycles. The largest absolute Gasteiger partial charge is 0.315 e. The van der Waals surface area contributed by atoms with Crippen molar-refractivity contribution >= 4 is 5.57 Å². The summed E-state index contributed by atoms with van der Waals surface area (Å²) in [7, 11) is 0. The molecule has 2 nitrogen and oxygen atoms in total. The lowest BCUT2D eigenvalue weighted by Gasteiger charge is -2.21. The zero-order valence-electron chi connectivity index (χ0n) is 11.4. The van der Waals surface area contributed by atoms with Gasteiger partial charge in [-0.25, -0.2) is 0 Å². The van der Waals surface area contributed by atoms with Crippen LogP contribution in [0.5, 0.6) is 0 Å².